The molecule has 0 bridgehead atoms. The van der Waals surface area contributed by atoms with E-state index in [-0.39, 0.29) is 17.9 Å². The first-order chi connectivity index (χ1) is 12.6. The third-order valence-corrected chi connectivity index (χ3v) is 4.64. The highest BCUT2D eigenvalue weighted by molar-refractivity contribution is 8.18. The first-order valence-corrected chi connectivity index (χ1v) is 8.96. The van der Waals surface area contributed by atoms with Gasteiger partial charge in [-0.25, -0.2) is 9.79 Å². The molecule has 3 rings (SSSR count). The van der Waals surface area contributed by atoms with E-state index in [1.54, 1.807) is 31.5 Å². The van der Waals surface area contributed by atoms with Crippen LogP contribution in [0.4, 0.5) is 5.69 Å². The maximum atomic E-state index is 12.3. The van der Waals surface area contributed by atoms with Gasteiger partial charge in [-0.2, -0.15) is 0 Å². The van der Waals surface area contributed by atoms with Gasteiger partial charge < -0.3 is 9.84 Å². The van der Waals surface area contributed by atoms with Gasteiger partial charge in [-0.1, -0.05) is 35.5 Å². The molecule has 0 amide bonds. The largest absolute Gasteiger partial charge is 0.506 e. The standard InChI is InChI=1S/C20H18N2O3S/c1-3-25-20(24)17-18(23)16(11-14-5-4-10-21-12-14)26-19(17)22-15-8-6-13(2)7-9-15/h4-12,23H,3H2,1-2H3/b16-11+,22-19?. The Kier molecular flexibility index (Phi) is 5.53. The van der Waals surface area contributed by atoms with E-state index in [4.69, 9.17) is 4.74 Å². The van der Waals surface area contributed by atoms with Gasteiger partial charge in [-0.15, -0.1) is 0 Å². The molecule has 1 aliphatic rings. The van der Waals surface area contributed by atoms with Crippen LogP contribution in [0.1, 0.15) is 18.1 Å². The zero-order valence-electron chi connectivity index (χ0n) is 14.5. The van der Waals surface area contributed by atoms with E-state index in [0.717, 1.165) is 11.1 Å². The third kappa shape index (κ3) is 4.03. The molecule has 5 nitrogen and oxygen atoms in total. The third-order valence-electron chi connectivity index (χ3n) is 3.62. The average molecular weight is 366 g/mol. The Hall–Kier alpha value is -2.86. The quantitative estimate of drug-likeness (QED) is 0.802. The molecule has 0 saturated heterocycles. The van der Waals surface area contributed by atoms with Crippen molar-refractivity contribution in [3.05, 3.63) is 76.2 Å². The van der Waals surface area contributed by atoms with Crippen molar-refractivity contribution in [3.8, 4) is 0 Å². The SMILES string of the molecule is CCOC(=O)C1=C(O)/C(=C\c2cccnc2)SC1=Nc1ccc(C)cc1. The number of aliphatic hydroxyl groups excluding tert-OH is 1. The fraction of sp³-hybridized carbons (Fsp3) is 0.150. The highest BCUT2D eigenvalue weighted by Gasteiger charge is 2.33. The number of aliphatic hydroxyl groups is 1. The summed E-state index contributed by atoms with van der Waals surface area (Å²) in [5, 5.41) is 11.0. The van der Waals surface area contributed by atoms with E-state index in [1.807, 2.05) is 37.3 Å². The average Bonchev–Trinajstić information content (AvgIpc) is 2.93. The van der Waals surface area contributed by atoms with Crippen LogP contribution in [0.15, 0.2) is 70.0 Å². The number of aryl methyl sites for hydroxylation is 1. The Labute approximate surface area is 156 Å². The number of aromatic nitrogens is 1. The van der Waals surface area contributed by atoms with Gasteiger partial charge in [0.15, 0.2) is 0 Å². The predicted octanol–water partition coefficient (Wildman–Crippen LogP) is 4.58. The van der Waals surface area contributed by atoms with E-state index in [2.05, 4.69) is 9.98 Å². The molecule has 6 heteroatoms. The Morgan fingerprint density at radius 2 is 2.08 bits per heavy atom. The van der Waals surface area contributed by atoms with Gasteiger partial charge in [0.05, 0.1) is 17.2 Å². The first-order valence-electron chi connectivity index (χ1n) is 8.14. The van der Waals surface area contributed by atoms with Crippen molar-refractivity contribution in [3.63, 3.8) is 0 Å². The number of carbonyl (C=O) groups is 1. The van der Waals surface area contributed by atoms with Crippen molar-refractivity contribution >= 4 is 34.5 Å². The van der Waals surface area contributed by atoms with Crippen LogP contribution in [0.3, 0.4) is 0 Å². The van der Waals surface area contributed by atoms with Crippen LogP contribution in [0, 0.1) is 6.92 Å². The number of pyridine rings is 1. The second-order valence-corrected chi connectivity index (χ2v) is 6.62. The van der Waals surface area contributed by atoms with Gasteiger partial charge >= 0.3 is 5.97 Å². The van der Waals surface area contributed by atoms with Crippen LogP contribution < -0.4 is 0 Å². The highest BCUT2D eigenvalue weighted by Crippen LogP contribution is 2.40. The molecule has 26 heavy (non-hydrogen) atoms. The summed E-state index contributed by atoms with van der Waals surface area (Å²) in [5.74, 6) is -0.707. The van der Waals surface area contributed by atoms with E-state index in [1.165, 1.54) is 11.8 Å². The molecule has 1 aliphatic heterocycles. The van der Waals surface area contributed by atoms with E-state index in [0.29, 0.717) is 15.6 Å². The second kappa shape index (κ2) is 8.01. The summed E-state index contributed by atoms with van der Waals surface area (Å²) >= 11 is 1.23. The molecular weight excluding hydrogens is 348 g/mol. The maximum absolute atomic E-state index is 12.3. The number of hydrogen-bond donors (Lipinski definition) is 1. The van der Waals surface area contributed by atoms with Crippen LogP contribution in [0.2, 0.25) is 0 Å². The Balaban J connectivity index is 2.02. The summed E-state index contributed by atoms with van der Waals surface area (Å²) in [6, 6.07) is 11.3. The van der Waals surface area contributed by atoms with Gasteiger partial charge in [-0.05, 0) is 43.7 Å². The summed E-state index contributed by atoms with van der Waals surface area (Å²) in [6.45, 7) is 3.94. The molecule has 132 valence electrons. The number of ether oxygens (including phenoxy) is 1. The number of thioether (sulfide) groups is 1. The van der Waals surface area contributed by atoms with Crippen molar-refractivity contribution in [1.29, 1.82) is 0 Å². The predicted molar refractivity (Wildman–Crippen MR) is 104 cm³/mol. The van der Waals surface area contributed by atoms with Crippen molar-refractivity contribution < 1.29 is 14.6 Å². The number of benzene rings is 1. The van der Waals surface area contributed by atoms with Gasteiger partial charge in [0.25, 0.3) is 0 Å². The van der Waals surface area contributed by atoms with Crippen molar-refractivity contribution in [2.75, 3.05) is 6.61 Å². The molecule has 0 aliphatic carbocycles. The number of nitrogens with zero attached hydrogens (tertiary/aromatic N) is 2. The first kappa shape index (κ1) is 17.9. The molecule has 0 unspecified atom stereocenters. The number of hydrogen-bond acceptors (Lipinski definition) is 6. The van der Waals surface area contributed by atoms with E-state index >= 15 is 0 Å². The lowest BCUT2D eigenvalue weighted by molar-refractivity contribution is -0.138. The van der Waals surface area contributed by atoms with Crippen molar-refractivity contribution in [1.82, 2.24) is 4.98 Å². The summed E-state index contributed by atoms with van der Waals surface area (Å²) in [6.07, 6.45) is 5.12. The van der Waals surface area contributed by atoms with E-state index in [9.17, 15) is 9.90 Å². The molecule has 0 radical (unpaired) electrons. The molecule has 1 N–H and O–H groups in total. The number of rotatable bonds is 4. The number of esters is 1. The lowest BCUT2D eigenvalue weighted by Crippen LogP contribution is -2.12. The normalized spacial score (nSPS) is 17.2. The molecule has 0 fully saturated rings. The molecule has 0 atom stereocenters. The maximum Gasteiger partial charge on any atom is 0.344 e. The van der Waals surface area contributed by atoms with Crippen LogP contribution in [0.5, 0.6) is 0 Å². The van der Waals surface area contributed by atoms with Crippen molar-refractivity contribution in [2.45, 2.75) is 13.8 Å². The van der Waals surface area contributed by atoms with Gasteiger partial charge in [0.1, 0.15) is 16.4 Å². The highest BCUT2D eigenvalue weighted by atomic mass is 32.2. The zero-order chi connectivity index (χ0) is 18.5. The van der Waals surface area contributed by atoms with Crippen molar-refractivity contribution in [2.24, 2.45) is 4.99 Å². The smallest absolute Gasteiger partial charge is 0.344 e. The Morgan fingerprint density at radius 1 is 1.31 bits per heavy atom. The lowest BCUT2D eigenvalue weighted by Gasteiger charge is -2.04. The lowest BCUT2D eigenvalue weighted by atomic mass is 10.2. The molecule has 2 heterocycles. The monoisotopic (exact) mass is 366 g/mol. The minimum absolute atomic E-state index is 0.0903. The number of carbonyl (C=O) groups excluding carboxylic acids is 1. The number of aliphatic imine (C=N–C) groups is 1. The molecular formula is C20H18N2O3S. The van der Waals surface area contributed by atoms with Crippen LogP contribution in [-0.2, 0) is 9.53 Å². The van der Waals surface area contributed by atoms with Gasteiger partial charge in [-0.3, -0.25) is 4.98 Å². The van der Waals surface area contributed by atoms with E-state index < -0.39 is 5.97 Å². The Morgan fingerprint density at radius 3 is 2.73 bits per heavy atom. The molecule has 0 saturated carbocycles. The summed E-state index contributed by atoms with van der Waals surface area (Å²) in [7, 11) is 0. The zero-order valence-corrected chi connectivity index (χ0v) is 15.3. The minimum Gasteiger partial charge on any atom is -0.506 e. The minimum atomic E-state index is -0.585. The summed E-state index contributed by atoms with van der Waals surface area (Å²) in [5.41, 5.74) is 2.73. The molecule has 0 spiro atoms. The summed E-state index contributed by atoms with van der Waals surface area (Å²) in [4.78, 5) is 21.5. The summed E-state index contributed by atoms with van der Waals surface area (Å²) < 4.78 is 5.09. The second-order valence-electron chi connectivity index (χ2n) is 5.59. The van der Waals surface area contributed by atoms with Crippen LogP contribution in [0.25, 0.3) is 6.08 Å². The fourth-order valence-corrected chi connectivity index (χ4v) is 3.38. The van der Waals surface area contributed by atoms with Gasteiger partial charge in [0.2, 0.25) is 0 Å². The molecule has 1 aromatic carbocycles. The molecule has 2 aromatic rings. The fourth-order valence-electron chi connectivity index (χ4n) is 2.34. The molecule has 1 aromatic heterocycles. The van der Waals surface area contributed by atoms with Crippen LogP contribution >= 0.6 is 11.8 Å². The van der Waals surface area contributed by atoms with Crippen LogP contribution in [-0.4, -0.2) is 27.7 Å². The Bertz CT molecular complexity index is 900. The topological polar surface area (TPSA) is 71.8 Å². The van der Waals surface area contributed by atoms with Gasteiger partial charge in [0, 0.05) is 12.4 Å².